The predicted molar refractivity (Wildman–Crippen MR) is 72.8 cm³/mol. The number of nitrogens with two attached hydrogens (primary N) is 1. The van der Waals surface area contributed by atoms with Crippen LogP contribution >= 0.6 is 12.4 Å². The summed E-state index contributed by atoms with van der Waals surface area (Å²) in [5.74, 6) is -0.313. The number of benzene rings is 1. The average Bonchev–Trinajstić information content (AvgIpc) is 2.28. The second-order valence-corrected chi connectivity index (χ2v) is 3.60. The highest BCUT2D eigenvalue weighted by Crippen LogP contribution is 2.24. The highest BCUT2D eigenvalue weighted by Gasteiger charge is 2.17. The maximum atomic E-state index is 11.8. The monoisotopic (exact) mass is 257 g/mol. The lowest BCUT2D eigenvalue weighted by molar-refractivity contribution is 0.0526. The third-order valence-electron chi connectivity index (χ3n) is 2.66. The number of aryl methyl sites for hydroxylation is 2. The molecule has 0 aliphatic heterocycles. The Morgan fingerprint density at radius 1 is 1.18 bits per heavy atom. The SMILES string of the molecule is CCOC(=O)c1c(CC)ccc(CC)c1N.Cl. The third-order valence-corrected chi connectivity index (χ3v) is 2.66. The molecule has 0 unspecified atom stereocenters. The van der Waals surface area contributed by atoms with Gasteiger partial charge in [0, 0.05) is 5.69 Å². The van der Waals surface area contributed by atoms with Crippen LogP contribution in [0.2, 0.25) is 0 Å². The minimum absolute atomic E-state index is 0. The Morgan fingerprint density at radius 2 is 1.71 bits per heavy atom. The lowest BCUT2D eigenvalue weighted by atomic mass is 9.98. The summed E-state index contributed by atoms with van der Waals surface area (Å²) in [5, 5.41) is 0. The van der Waals surface area contributed by atoms with Crippen LogP contribution < -0.4 is 5.73 Å². The second-order valence-electron chi connectivity index (χ2n) is 3.60. The Kier molecular flexibility index (Phi) is 6.66. The van der Waals surface area contributed by atoms with Gasteiger partial charge in [-0.3, -0.25) is 0 Å². The van der Waals surface area contributed by atoms with Crippen molar-refractivity contribution in [2.24, 2.45) is 0 Å². The van der Waals surface area contributed by atoms with Gasteiger partial charge in [-0.25, -0.2) is 4.79 Å². The molecule has 0 aromatic heterocycles. The fraction of sp³-hybridized carbons (Fsp3) is 0.462. The largest absolute Gasteiger partial charge is 0.462 e. The van der Waals surface area contributed by atoms with E-state index in [2.05, 4.69) is 0 Å². The molecule has 0 fully saturated rings. The van der Waals surface area contributed by atoms with Crippen molar-refractivity contribution in [2.75, 3.05) is 12.3 Å². The molecule has 1 rings (SSSR count). The lowest BCUT2D eigenvalue weighted by Gasteiger charge is -2.13. The van der Waals surface area contributed by atoms with Gasteiger partial charge < -0.3 is 10.5 Å². The maximum Gasteiger partial charge on any atom is 0.340 e. The molecule has 0 spiro atoms. The van der Waals surface area contributed by atoms with Crippen LogP contribution in [0.1, 0.15) is 42.3 Å². The van der Waals surface area contributed by atoms with Crippen LogP contribution in [0.4, 0.5) is 5.69 Å². The summed E-state index contributed by atoms with van der Waals surface area (Å²) in [5.41, 5.74) is 9.07. The van der Waals surface area contributed by atoms with E-state index in [1.54, 1.807) is 6.92 Å². The smallest absolute Gasteiger partial charge is 0.340 e. The van der Waals surface area contributed by atoms with Crippen molar-refractivity contribution >= 4 is 24.1 Å². The van der Waals surface area contributed by atoms with Gasteiger partial charge in [0.05, 0.1) is 12.2 Å². The van der Waals surface area contributed by atoms with Gasteiger partial charge in [0.15, 0.2) is 0 Å². The van der Waals surface area contributed by atoms with Crippen molar-refractivity contribution in [1.82, 2.24) is 0 Å². The van der Waals surface area contributed by atoms with Crippen molar-refractivity contribution in [2.45, 2.75) is 33.6 Å². The summed E-state index contributed by atoms with van der Waals surface area (Å²) >= 11 is 0. The van der Waals surface area contributed by atoms with Gasteiger partial charge in [-0.1, -0.05) is 26.0 Å². The number of carbonyl (C=O) groups is 1. The van der Waals surface area contributed by atoms with Crippen LogP contribution in [-0.2, 0) is 17.6 Å². The summed E-state index contributed by atoms with van der Waals surface area (Å²) in [7, 11) is 0. The summed E-state index contributed by atoms with van der Waals surface area (Å²) in [6.45, 7) is 6.19. The molecule has 0 atom stereocenters. The van der Waals surface area contributed by atoms with E-state index in [0.717, 1.165) is 24.0 Å². The Morgan fingerprint density at radius 3 is 2.18 bits per heavy atom. The standard InChI is InChI=1S/C13H19NO2.ClH/c1-4-9-7-8-10(5-2)12(14)11(9)13(15)16-6-3;/h7-8H,4-6,14H2,1-3H3;1H. The highest BCUT2D eigenvalue weighted by molar-refractivity contribution is 5.97. The van der Waals surface area contributed by atoms with Crippen LogP contribution in [0.25, 0.3) is 0 Å². The molecule has 4 heteroatoms. The Hall–Kier alpha value is -1.22. The molecule has 2 N–H and O–H groups in total. The topological polar surface area (TPSA) is 52.3 Å². The fourth-order valence-corrected chi connectivity index (χ4v) is 1.76. The van der Waals surface area contributed by atoms with E-state index in [0.29, 0.717) is 17.9 Å². The van der Waals surface area contributed by atoms with E-state index in [1.165, 1.54) is 0 Å². The number of carbonyl (C=O) groups excluding carboxylic acids is 1. The number of halogens is 1. The molecule has 0 saturated carbocycles. The third kappa shape index (κ3) is 3.37. The molecular weight excluding hydrogens is 238 g/mol. The summed E-state index contributed by atoms with van der Waals surface area (Å²) < 4.78 is 5.03. The number of hydrogen-bond donors (Lipinski definition) is 1. The highest BCUT2D eigenvalue weighted by atomic mass is 35.5. The molecule has 1 aromatic rings. The van der Waals surface area contributed by atoms with Crippen LogP contribution in [-0.4, -0.2) is 12.6 Å². The van der Waals surface area contributed by atoms with Gasteiger partial charge in [0.25, 0.3) is 0 Å². The molecule has 0 aliphatic rings. The van der Waals surface area contributed by atoms with Gasteiger partial charge >= 0.3 is 5.97 Å². The van der Waals surface area contributed by atoms with E-state index in [1.807, 2.05) is 26.0 Å². The zero-order valence-electron chi connectivity index (χ0n) is 10.6. The molecule has 0 aliphatic carbocycles. The van der Waals surface area contributed by atoms with Crippen LogP contribution in [0.15, 0.2) is 12.1 Å². The lowest BCUT2D eigenvalue weighted by Crippen LogP contribution is -2.12. The first-order valence-corrected chi connectivity index (χ1v) is 5.72. The molecular formula is C13H20ClNO2. The first-order chi connectivity index (χ1) is 7.65. The first-order valence-electron chi connectivity index (χ1n) is 5.72. The number of hydrogen-bond acceptors (Lipinski definition) is 3. The predicted octanol–water partition coefficient (Wildman–Crippen LogP) is 2.99. The summed E-state index contributed by atoms with van der Waals surface area (Å²) in [6.07, 6.45) is 1.60. The molecule has 0 saturated heterocycles. The van der Waals surface area contributed by atoms with Gasteiger partial charge in [0.2, 0.25) is 0 Å². The Balaban J connectivity index is 0.00000256. The van der Waals surface area contributed by atoms with Crippen LogP contribution in [0.5, 0.6) is 0 Å². The van der Waals surface area contributed by atoms with Crippen molar-refractivity contribution in [3.05, 3.63) is 28.8 Å². The number of esters is 1. The summed E-state index contributed by atoms with van der Waals surface area (Å²) in [6, 6.07) is 3.94. The number of rotatable bonds is 4. The Labute approximate surface area is 109 Å². The maximum absolute atomic E-state index is 11.8. The molecule has 96 valence electrons. The van der Waals surface area contributed by atoms with Gasteiger partial charge in [-0.05, 0) is 30.9 Å². The molecule has 0 heterocycles. The van der Waals surface area contributed by atoms with Crippen molar-refractivity contribution in [3.8, 4) is 0 Å². The quantitative estimate of drug-likeness (QED) is 0.666. The zero-order valence-corrected chi connectivity index (χ0v) is 11.4. The molecule has 17 heavy (non-hydrogen) atoms. The molecule has 0 bridgehead atoms. The van der Waals surface area contributed by atoms with Crippen LogP contribution in [0, 0.1) is 0 Å². The van der Waals surface area contributed by atoms with Gasteiger partial charge in [-0.15, -0.1) is 12.4 Å². The van der Waals surface area contributed by atoms with Crippen molar-refractivity contribution in [3.63, 3.8) is 0 Å². The normalized spacial score (nSPS) is 9.59. The first kappa shape index (κ1) is 15.8. The number of anilines is 1. The summed E-state index contributed by atoms with van der Waals surface area (Å²) in [4.78, 5) is 11.8. The minimum atomic E-state index is -0.313. The van der Waals surface area contributed by atoms with Crippen molar-refractivity contribution < 1.29 is 9.53 Å². The Bertz CT molecular complexity index is 391. The average molecular weight is 258 g/mol. The van der Waals surface area contributed by atoms with Gasteiger partial charge in [0.1, 0.15) is 0 Å². The molecule has 0 amide bonds. The van der Waals surface area contributed by atoms with Crippen LogP contribution in [0.3, 0.4) is 0 Å². The van der Waals surface area contributed by atoms with E-state index >= 15 is 0 Å². The molecule has 3 nitrogen and oxygen atoms in total. The van der Waals surface area contributed by atoms with E-state index in [-0.39, 0.29) is 18.4 Å². The van der Waals surface area contributed by atoms with Gasteiger partial charge in [-0.2, -0.15) is 0 Å². The molecule has 1 aromatic carbocycles. The van der Waals surface area contributed by atoms with E-state index < -0.39 is 0 Å². The fourth-order valence-electron chi connectivity index (χ4n) is 1.76. The van der Waals surface area contributed by atoms with E-state index in [4.69, 9.17) is 10.5 Å². The van der Waals surface area contributed by atoms with E-state index in [9.17, 15) is 4.79 Å². The molecule has 0 radical (unpaired) electrons. The number of nitrogen functional groups attached to an aromatic ring is 1. The number of ether oxygens (including phenoxy) is 1. The van der Waals surface area contributed by atoms with Crippen molar-refractivity contribution in [1.29, 1.82) is 0 Å². The zero-order chi connectivity index (χ0) is 12.1. The minimum Gasteiger partial charge on any atom is -0.462 e. The second kappa shape index (κ2) is 7.17.